The molecule has 8 aromatic carbocycles. The molecule has 0 aliphatic heterocycles. The number of esters is 1. The summed E-state index contributed by atoms with van der Waals surface area (Å²) in [5.74, 6) is 0.619. The van der Waals surface area contributed by atoms with Crippen LogP contribution in [0.4, 0.5) is 11.5 Å². The number of H-pyrrole nitrogens is 5. The van der Waals surface area contributed by atoms with E-state index in [9.17, 15) is 22.8 Å². The minimum absolute atomic E-state index is 0.118. The van der Waals surface area contributed by atoms with E-state index in [2.05, 4.69) is 76.7 Å². The van der Waals surface area contributed by atoms with E-state index in [4.69, 9.17) is 58.0 Å². The van der Waals surface area contributed by atoms with Crippen molar-refractivity contribution >= 4 is 152 Å². The van der Waals surface area contributed by atoms with Crippen LogP contribution >= 0.6 is 58.0 Å². The van der Waals surface area contributed by atoms with Gasteiger partial charge in [0, 0.05) is 91.0 Å². The third kappa shape index (κ3) is 17.4. The summed E-state index contributed by atoms with van der Waals surface area (Å²) >= 11 is 30.3. The Hall–Kier alpha value is -10.3. The van der Waals surface area contributed by atoms with Crippen molar-refractivity contribution in [2.75, 3.05) is 43.6 Å². The number of amides is 2. The zero-order chi connectivity index (χ0) is 68.9. The number of pyridine rings is 1. The second kappa shape index (κ2) is 31.5. The first-order chi connectivity index (χ1) is 46.6. The van der Waals surface area contributed by atoms with Gasteiger partial charge in [0.1, 0.15) is 5.82 Å². The van der Waals surface area contributed by atoms with Crippen molar-refractivity contribution in [2.24, 2.45) is 5.92 Å². The van der Waals surface area contributed by atoms with E-state index in [0.717, 1.165) is 99.3 Å². The molecular weight excluding hydrogens is 1360 g/mol. The molecule has 0 saturated carbocycles. The predicted octanol–water partition coefficient (Wildman–Crippen LogP) is 16.0. The molecule has 0 saturated heterocycles. The molecule has 8 N–H and O–H groups in total. The molecule has 2 amide bonds. The van der Waals surface area contributed by atoms with Gasteiger partial charge >= 0.3 is 5.97 Å². The molecule has 97 heavy (non-hydrogen) atoms. The lowest BCUT2D eigenvalue weighted by Gasteiger charge is -2.17. The number of carbonyl (C=O) groups is 3. The third-order valence-corrected chi connectivity index (χ3v) is 17.4. The van der Waals surface area contributed by atoms with Gasteiger partial charge in [0.15, 0.2) is 0 Å². The first-order valence-corrected chi connectivity index (χ1v) is 33.5. The highest BCUT2D eigenvalue weighted by Gasteiger charge is 2.17. The van der Waals surface area contributed by atoms with Crippen LogP contribution in [0.5, 0.6) is 0 Å². The third-order valence-electron chi connectivity index (χ3n) is 15.1. The first-order valence-electron chi connectivity index (χ1n) is 29.7. The van der Waals surface area contributed by atoms with Gasteiger partial charge in [-0.15, -0.1) is 0 Å². The lowest BCUT2D eigenvalue weighted by atomic mass is 10.0. The number of ether oxygens (including phenoxy) is 1. The van der Waals surface area contributed by atoms with E-state index in [0.29, 0.717) is 66.5 Å². The van der Waals surface area contributed by atoms with Crippen LogP contribution in [0.2, 0.25) is 25.1 Å². The Kier molecular flexibility index (Phi) is 22.6. The Labute approximate surface area is 581 Å². The van der Waals surface area contributed by atoms with E-state index in [1.54, 1.807) is 79.5 Å². The van der Waals surface area contributed by atoms with Crippen LogP contribution in [0, 0.1) is 5.92 Å². The molecule has 27 heteroatoms. The van der Waals surface area contributed by atoms with Crippen molar-refractivity contribution in [1.82, 2.24) is 66.6 Å². The van der Waals surface area contributed by atoms with Crippen molar-refractivity contribution < 1.29 is 27.5 Å². The Morgan fingerprint density at radius 3 is 1.30 bits per heavy atom. The lowest BCUT2D eigenvalue weighted by molar-refractivity contribution is 0.0600. The number of hydrogen-bond donors (Lipinski definition) is 8. The van der Waals surface area contributed by atoms with Crippen LogP contribution in [-0.2, 0) is 21.3 Å². The summed E-state index contributed by atoms with van der Waals surface area (Å²) in [6.45, 7) is 5.22. The smallest absolute Gasteiger partial charge is 0.337 e. The fraction of sp³-hybridized carbons (Fsp3) is 0.129. The van der Waals surface area contributed by atoms with Crippen LogP contribution in [0.15, 0.2) is 189 Å². The number of sulfonamides is 1. The molecular formula is C70H62Cl5N15O6S. The number of aromatic amines is 5. The van der Waals surface area contributed by atoms with Crippen LogP contribution in [-0.4, -0.2) is 116 Å². The molecule has 0 atom stereocenters. The van der Waals surface area contributed by atoms with Crippen LogP contribution in [0.3, 0.4) is 0 Å². The first kappa shape index (κ1) is 69.5. The molecule has 14 aromatic rings. The lowest BCUT2D eigenvalue weighted by Crippen LogP contribution is -2.27. The number of nitrogens with one attached hydrogen (secondary N) is 8. The summed E-state index contributed by atoms with van der Waals surface area (Å²) in [5.41, 5.74) is 13.3. The number of halogens is 5. The average Bonchev–Trinajstić information content (AvgIpc) is 1.65. The normalized spacial score (nSPS) is 11.0. The standard InChI is InChI=1S/C15H14ClN3O2S.C15H12ClN3O.C15H11ClN2O2.C13H11ClN4.C12H14ClN3O/c1-19(22(2,20)21)12-5-3-10(4-6-12)13-7-11(16)8-15-14(13)9-17-18-15;16-11-6-12(13-9-18-19-14(13)7-11)15(20)17-8-10-4-2-1-3-5-10;1-20-15(19)10-4-2-9(3-5-10)12-6-11(16)7-14-13(12)8-17-18-14;1-15-13-3-2-8(6-16-13)10-4-9(14)5-12-11(10)7-17-18-12;1-7(2)5-14-12(17)9-3-8(13)4-11-10(9)6-15-16-11/h3-9H,1-2H3,(H,17,18);1-7,9H,8H2,(H,17,20)(H,18,19);2-8H,1H3,(H,17,18);2-7H,1H3,(H,15,16)(H,17,18);3-4,6-7H,5H2,1-2H3,(H,14,17)(H,15,16). The number of anilines is 2. The quantitative estimate of drug-likeness (QED) is 0.0499. The summed E-state index contributed by atoms with van der Waals surface area (Å²) in [4.78, 5) is 40.0. The number of hydrogen-bond acceptors (Lipinski definition) is 13. The van der Waals surface area contributed by atoms with Gasteiger partial charge in [0.25, 0.3) is 11.8 Å². The fourth-order valence-corrected chi connectivity index (χ4v) is 11.7. The zero-order valence-corrected chi connectivity index (χ0v) is 57.4. The monoisotopic (exact) mass is 1420 g/mol. The van der Waals surface area contributed by atoms with Crippen molar-refractivity contribution in [3.63, 3.8) is 0 Å². The summed E-state index contributed by atoms with van der Waals surface area (Å²) in [5, 5.41) is 50.6. The Bertz CT molecular complexity index is 5200. The van der Waals surface area contributed by atoms with E-state index < -0.39 is 10.0 Å². The van der Waals surface area contributed by atoms with Crippen molar-refractivity contribution in [3.8, 4) is 33.4 Å². The van der Waals surface area contributed by atoms with Gasteiger partial charge in [-0.05, 0) is 136 Å². The number of aromatic nitrogens is 11. The molecule has 6 aromatic heterocycles. The Morgan fingerprint density at radius 2 is 0.897 bits per heavy atom. The maximum absolute atomic E-state index is 12.3. The van der Waals surface area contributed by atoms with Gasteiger partial charge in [-0.2, -0.15) is 25.5 Å². The second-order valence-corrected chi connectivity index (χ2v) is 26.4. The van der Waals surface area contributed by atoms with E-state index in [1.807, 2.05) is 130 Å². The largest absolute Gasteiger partial charge is 0.465 e. The number of benzene rings is 8. The second-order valence-electron chi connectivity index (χ2n) is 22.2. The van der Waals surface area contributed by atoms with Gasteiger partial charge in [-0.3, -0.25) is 39.4 Å². The molecule has 0 bridgehead atoms. The highest BCUT2D eigenvalue weighted by molar-refractivity contribution is 7.92. The summed E-state index contributed by atoms with van der Waals surface area (Å²) < 4.78 is 29.1. The SMILES string of the molecule is CC(C)CNC(=O)c1cc(Cl)cc2[nH]ncc12.CN(c1ccc(-c2cc(Cl)cc3[nH]ncc23)cc1)S(C)(=O)=O.CNc1ccc(-c2cc(Cl)cc3[nH]ncc23)cn1.COC(=O)c1ccc(-c2cc(Cl)cc3[nH]ncc23)cc1.O=C(NCc1ccccc1)c1cc(Cl)cc2[nH]ncc12. The molecule has 0 spiro atoms. The minimum Gasteiger partial charge on any atom is -0.465 e. The number of nitrogens with zero attached hydrogens (tertiary/aromatic N) is 7. The van der Waals surface area contributed by atoms with Gasteiger partial charge in [-0.25, -0.2) is 18.2 Å². The number of methoxy groups -OCH3 is 1. The van der Waals surface area contributed by atoms with E-state index in [-0.39, 0.29) is 17.8 Å². The maximum Gasteiger partial charge on any atom is 0.337 e. The van der Waals surface area contributed by atoms with E-state index in [1.165, 1.54) is 24.7 Å². The average molecular weight is 1420 g/mol. The molecule has 494 valence electrons. The molecule has 0 aliphatic rings. The summed E-state index contributed by atoms with van der Waals surface area (Å²) in [6.07, 6.45) is 11.6. The van der Waals surface area contributed by atoms with Gasteiger partial charge in [0.2, 0.25) is 10.0 Å². The van der Waals surface area contributed by atoms with Gasteiger partial charge < -0.3 is 20.7 Å². The van der Waals surface area contributed by atoms with Gasteiger partial charge in [0.05, 0.1) is 94.3 Å². The minimum atomic E-state index is -3.27. The Balaban J connectivity index is 0.000000132. The van der Waals surface area contributed by atoms with Crippen molar-refractivity contribution in [2.45, 2.75) is 20.4 Å². The maximum atomic E-state index is 12.3. The zero-order valence-electron chi connectivity index (χ0n) is 52.8. The predicted molar refractivity (Wildman–Crippen MR) is 389 cm³/mol. The van der Waals surface area contributed by atoms with Crippen LogP contribution in [0.25, 0.3) is 87.9 Å². The number of rotatable bonds is 13. The number of fused-ring (bicyclic) bond motifs is 5. The molecule has 0 fully saturated rings. The van der Waals surface area contributed by atoms with Crippen LogP contribution in [0.1, 0.15) is 50.5 Å². The van der Waals surface area contributed by atoms with Crippen molar-refractivity contribution in [1.29, 1.82) is 0 Å². The highest BCUT2D eigenvalue weighted by Crippen LogP contribution is 2.35. The molecule has 14 rings (SSSR count). The molecule has 0 radical (unpaired) electrons. The number of carbonyl (C=O) groups excluding carboxylic acids is 3. The highest BCUT2D eigenvalue weighted by atomic mass is 35.5. The van der Waals surface area contributed by atoms with Gasteiger partial charge in [-0.1, -0.05) is 126 Å². The Morgan fingerprint density at radius 1 is 0.505 bits per heavy atom. The molecule has 21 nitrogen and oxygen atoms in total. The fourth-order valence-electron chi connectivity index (χ4n) is 10.1. The van der Waals surface area contributed by atoms with Crippen molar-refractivity contribution in [3.05, 3.63) is 236 Å². The summed E-state index contributed by atoms with van der Waals surface area (Å²) in [6, 6.07) is 46.2. The van der Waals surface area contributed by atoms with E-state index >= 15 is 0 Å². The molecule has 0 unspecified atom stereocenters. The molecule has 0 aliphatic carbocycles. The molecule has 6 heterocycles. The summed E-state index contributed by atoms with van der Waals surface area (Å²) in [7, 11) is 1.46. The topological polar surface area (TPSA) is 290 Å². The van der Waals surface area contributed by atoms with Crippen LogP contribution < -0.4 is 20.3 Å².